The van der Waals surface area contributed by atoms with E-state index in [-0.39, 0.29) is 17.8 Å². The third-order valence-electron chi connectivity index (χ3n) is 4.18. The van der Waals surface area contributed by atoms with Crippen molar-refractivity contribution in [2.45, 2.75) is 25.1 Å². The zero-order valence-corrected chi connectivity index (χ0v) is 15.1. The highest BCUT2D eigenvalue weighted by atomic mass is 35.5. The number of methoxy groups -OCH3 is 1. The first-order valence-electron chi connectivity index (χ1n) is 8.17. The number of nitrogens with zero attached hydrogens (tertiary/aromatic N) is 1. The number of benzene rings is 1. The van der Waals surface area contributed by atoms with Gasteiger partial charge in [-0.15, -0.1) is 0 Å². The van der Waals surface area contributed by atoms with Gasteiger partial charge < -0.3 is 10.1 Å². The summed E-state index contributed by atoms with van der Waals surface area (Å²) in [7, 11) is 1.41. The first-order chi connectivity index (χ1) is 12.8. The Morgan fingerprint density at radius 2 is 2.11 bits per heavy atom. The van der Waals surface area contributed by atoms with Crippen LogP contribution in [0.2, 0.25) is 5.02 Å². The maximum atomic E-state index is 13.1. The fourth-order valence-corrected chi connectivity index (χ4v) is 3.06. The fourth-order valence-electron chi connectivity index (χ4n) is 2.87. The van der Waals surface area contributed by atoms with Crippen molar-refractivity contribution >= 4 is 23.1 Å². The van der Waals surface area contributed by atoms with Crippen LogP contribution in [-0.4, -0.2) is 24.0 Å². The van der Waals surface area contributed by atoms with Crippen molar-refractivity contribution in [1.82, 2.24) is 10.3 Å². The average Bonchev–Trinajstić information content (AvgIpc) is 3.05. The summed E-state index contributed by atoms with van der Waals surface area (Å²) in [6.45, 7) is 0. The molecule has 1 amide bonds. The standard InChI is InChI=1S/C19H16ClF3N2O2/c1-27-18-15(20)6-7-16(25-18)14(10-13-5-8-17(26)24-13)11-3-2-4-12(9-11)19(21,22)23/h2-4,6-7,9-10,13H,5,8H2,1H3,(H,24,26)/t13-/m1/s1. The van der Waals surface area contributed by atoms with Crippen LogP contribution >= 0.6 is 11.6 Å². The van der Waals surface area contributed by atoms with Crippen LogP contribution in [0, 0.1) is 0 Å². The van der Waals surface area contributed by atoms with E-state index in [2.05, 4.69) is 10.3 Å². The molecule has 27 heavy (non-hydrogen) atoms. The van der Waals surface area contributed by atoms with Crippen LogP contribution < -0.4 is 10.1 Å². The molecule has 0 spiro atoms. The molecule has 1 saturated heterocycles. The average molecular weight is 397 g/mol. The van der Waals surface area contributed by atoms with Crippen molar-refractivity contribution in [2.24, 2.45) is 0 Å². The second kappa shape index (κ2) is 7.60. The van der Waals surface area contributed by atoms with Crippen LogP contribution in [0.25, 0.3) is 5.57 Å². The molecule has 1 fully saturated rings. The molecule has 0 bridgehead atoms. The Morgan fingerprint density at radius 1 is 1.33 bits per heavy atom. The van der Waals surface area contributed by atoms with Crippen molar-refractivity contribution in [3.05, 3.63) is 64.3 Å². The Balaban J connectivity index is 2.11. The number of carbonyl (C=O) groups is 1. The Bertz CT molecular complexity index is 897. The zero-order chi connectivity index (χ0) is 19.6. The quantitative estimate of drug-likeness (QED) is 0.829. The number of hydrogen-bond donors (Lipinski definition) is 1. The number of pyridine rings is 1. The normalized spacial score (nSPS) is 17.7. The molecule has 1 aromatic carbocycles. The highest BCUT2D eigenvalue weighted by Gasteiger charge is 2.31. The molecule has 3 rings (SSSR count). The van der Waals surface area contributed by atoms with Gasteiger partial charge in [0.25, 0.3) is 0 Å². The van der Waals surface area contributed by atoms with Gasteiger partial charge in [-0.1, -0.05) is 29.8 Å². The summed E-state index contributed by atoms with van der Waals surface area (Å²) in [6.07, 6.45) is -1.82. The predicted molar refractivity (Wildman–Crippen MR) is 95.5 cm³/mol. The van der Waals surface area contributed by atoms with E-state index in [1.807, 2.05) is 0 Å². The number of rotatable bonds is 4. The van der Waals surface area contributed by atoms with Gasteiger partial charge in [0, 0.05) is 18.0 Å². The van der Waals surface area contributed by atoms with Crippen LogP contribution in [0.3, 0.4) is 0 Å². The highest BCUT2D eigenvalue weighted by molar-refractivity contribution is 6.31. The Kier molecular flexibility index (Phi) is 5.41. The van der Waals surface area contributed by atoms with Crippen LogP contribution in [0.15, 0.2) is 42.5 Å². The van der Waals surface area contributed by atoms with Gasteiger partial charge in [-0.2, -0.15) is 13.2 Å². The number of halogens is 4. The third kappa shape index (κ3) is 4.42. The highest BCUT2D eigenvalue weighted by Crippen LogP contribution is 2.34. The van der Waals surface area contributed by atoms with Gasteiger partial charge in [-0.05, 0) is 36.2 Å². The molecule has 8 heteroatoms. The SMILES string of the molecule is COc1nc(C(=C[C@H]2CCC(=O)N2)c2cccc(C(F)(F)F)c2)ccc1Cl. The topological polar surface area (TPSA) is 51.2 Å². The van der Waals surface area contributed by atoms with Gasteiger partial charge in [-0.25, -0.2) is 4.98 Å². The molecule has 1 N–H and O–H groups in total. The summed E-state index contributed by atoms with van der Waals surface area (Å²) in [5.74, 6) is 0.0730. The number of ether oxygens (including phenoxy) is 1. The van der Waals surface area contributed by atoms with Crippen molar-refractivity contribution in [3.8, 4) is 5.88 Å². The first-order valence-corrected chi connectivity index (χ1v) is 8.55. The molecular formula is C19H16ClF3N2O2. The summed E-state index contributed by atoms with van der Waals surface area (Å²) < 4.78 is 44.5. The van der Waals surface area contributed by atoms with E-state index in [1.54, 1.807) is 24.3 Å². The molecule has 0 radical (unpaired) electrons. The van der Waals surface area contributed by atoms with Crippen LogP contribution in [0.4, 0.5) is 13.2 Å². The number of alkyl halides is 3. The largest absolute Gasteiger partial charge is 0.480 e. The number of hydrogen-bond acceptors (Lipinski definition) is 3. The molecule has 1 aromatic heterocycles. The van der Waals surface area contributed by atoms with Gasteiger partial charge in [-0.3, -0.25) is 4.79 Å². The van der Waals surface area contributed by atoms with E-state index in [1.165, 1.54) is 13.2 Å². The maximum Gasteiger partial charge on any atom is 0.416 e. The molecular weight excluding hydrogens is 381 g/mol. The van der Waals surface area contributed by atoms with Crippen LogP contribution in [-0.2, 0) is 11.0 Å². The lowest BCUT2D eigenvalue weighted by Crippen LogP contribution is -2.23. The second-order valence-electron chi connectivity index (χ2n) is 6.06. The van der Waals surface area contributed by atoms with E-state index in [4.69, 9.17) is 16.3 Å². The van der Waals surface area contributed by atoms with Gasteiger partial charge in [0.1, 0.15) is 5.02 Å². The van der Waals surface area contributed by atoms with Crippen molar-refractivity contribution < 1.29 is 22.7 Å². The molecule has 0 aliphatic carbocycles. The molecule has 2 aromatic rings. The minimum Gasteiger partial charge on any atom is -0.480 e. The van der Waals surface area contributed by atoms with E-state index in [9.17, 15) is 18.0 Å². The Morgan fingerprint density at radius 3 is 2.74 bits per heavy atom. The number of aromatic nitrogens is 1. The van der Waals surface area contributed by atoms with Crippen LogP contribution in [0.1, 0.15) is 29.7 Å². The number of amides is 1. The molecule has 1 aliphatic rings. The molecule has 4 nitrogen and oxygen atoms in total. The lowest BCUT2D eigenvalue weighted by molar-refractivity contribution is -0.137. The lowest BCUT2D eigenvalue weighted by atomic mass is 9.97. The maximum absolute atomic E-state index is 13.1. The molecule has 142 valence electrons. The van der Waals surface area contributed by atoms with E-state index in [0.29, 0.717) is 34.7 Å². The van der Waals surface area contributed by atoms with Crippen molar-refractivity contribution in [2.75, 3.05) is 7.11 Å². The Hall–Kier alpha value is -2.54. The van der Waals surface area contributed by atoms with Crippen molar-refractivity contribution in [3.63, 3.8) is 0 Å². The lowest BCUT2D eigenvalue weighted by Gasteiger charge is -2.15. The summed E-state index contributed by atoms with van der Waals surface area (Å²) in [5.41, 5.74) is 0.435. The van der Waals surface area contributed by atoms with Gasteiger partial charge >= 0.3 is 6.18 Å². The first kappa shape index (κ1) is 19.2. The minimum atomic E-state index is -4.46. The minimum absolute atomic E-state index is 0.0960. The molecule has 2 heterocycles. The number of nitrogens with one attached hydrogen (secondary N) is 1. The van der Waals surface area contributed by atoms with E-state index < -0.39 is 11.7 Å². The Labute approximate surface area is 159 Å². The second-order valence-corrected chi connectivity index (χ2v) is 6.47. The predicted octanol–water partition coefficient (Wildman–Crippen LogP) is 4.47. The zero-order valence-electron chi connectivity index (χ0n) is 14.3. The monoisotopic (exact) mass is 396 g/mol. The fraction of sp³-hybridized carbons (Fsp3) is 0.263. The summed E-state index contributed by atoms with van der Waals surface area (Å²) in [4.78, 5) is 15.8. The molecule has 0 saturated carbocycles. The van der Waals surface area contributed by atoms with E-state index >= 15 is 0 Å². The molecule has 1 atom stereocenters. The van der Waals surface area contributed by atoms with Crippen molar-refractivity contribution in [1.29, 1.82) is 0 Å². The summed E-state index contributed by atoms with van der Waals surface area (Å²) in [5, 5.41) is 3.08. The van der Waals surface area contributed by atoms with Gasteiger partial charge in [0.15, 0.2) is 0 Å². The van der Waals surface area contributed by atoms with Gasteiger partial charge in [0.05, 0.1) is 18.4 Å². The van der Waals surface area contributed by atoms with Gasteiger partial charge in [0.2, 0.25) is 11.8 Å². The molecule has 1 aliphatic heterocycles. The third-order valence-corrected chi connectivity index (χ3v) is 4.47. The smallest absolute Gasteiger partial charge is 0.416 e. The molecule has 0 unspecified atom stereocenters. The van der Waals surface area contributed by atoms with Crippen LogP contribution in [0.5, 0.6) is 5.88 Å². The number of carbonyl (C=O) groups excluding carboxylic acids is 1. The summed E-state index contributed by atoms with van der Waals surface area (Å²) in [6, 6.07) is 7.86. The van der Waals surface area contributed by atoms with E-state index in [0.717, 1.165) is 12.1 Å². The summed E-state index contributed by atoms with van der Waals surface area (Å²) >= 11 is 6.01.